The monoisotopic (exact) mass is 466 g/mol. The molecule has 33 heavy (non-hydrogen) atoms. The first-order valence-electron chi connectivity index (χ1n) is 10.0. The molecule has 7 nitrogen and oxygen atoms in total. The lowest BCUT2D eigenvalue weighted by Crippen LogP contribution is -2.20. The minimum Gasteiger partial charge on any atom is -0.377 e. The smallest absolute Gasteiger partial charge is 0.276 e. The largest absolute Gasteiger partial charge is 0.377 e. The maximum absolute atomic E-state index is 13.0. The number of hydroxylamine groups is 1. The van der Waals surface area contributed by atoms with Crippen molar-refractivity contribution in [1.82, 2.24) is 21.1 Å². The Hall–Kier alpha value is -3.82. The third-order valence-corrected chi connectivity index (χ3v) is 5.75. The van der Waals surface area contributed by atoms with Crippen LogP contribution in [-0.4, -0.2) is 22.5 Å². The lowest BCUT2D eigenvalue weighted by Gasteiger charge is -2.22. The van der Waals surface area contributed by atoms with Crippen molar-refractivity contribution in [3.63, 3.8) is 0 Å². The number of rotatable bonds is 6. The molecule has 0 radical (unpaired) electrons. The number of carbonyl (C=O) groups is 2. The van der Waals surface area contributed by atoms with Crippen molar-refractivity contribution in [3.05, 3.63) is 105 Å². The van der Waals surface area contributed by atoms with Crippen LogP contribution >= 0.6 is 11.3 Å². The number of pyridine rings is 1. The average molecular weight is 467 g/mol. The molecule has 1 unspecified atom stereocenters. The third-order valence-electron chi connectivity index (χ3n) is 4.79. The number of allylic oxidation sites excluding steroid dienone is 3. The number of aromatic nitrogens is 1. The van der Waals surface area contributed by atoms with E-state index in [0.717, 1.165) is 16.8 Å². The number of nitrogens with one attached hydrogen (secondary N) is 3. The van der Waals surface area contributed by atoms with E-state index in [4.69, 9.17) is 5.21 Å². The van der Waals surface area contributed by atoms with Crippen LogP contribution in [0.4, 0.5) is 4.39 Å². The molecule has 1 aliphatic heterocycles. The molecule has 3 heterocycles. The van der Waals surface area contributed by atoms with Crippen molar-refractivity contribution in [2.24, 2.45) is 0 Å². The van der Waals surface area contributed by atoms with E-state index >= 15 is 0 Å². The van der Waals surface area contributed by atoms with E-state index < -0.39 is 5.91 Å². The fourth-order valence-electron chi connectivity index (χ4n) is 3.13. The van der Waals surface area contributed by atoms with Crippen LogP contribution in [0.1, 0.15) is 39.5 Å². The first-order valence-corrected chi connectivity index (χ1v) is 10.9. The number of benzene rings is 1. The molecule has 9 heteroatoms. The molecule has 0 spiro atoms. The van der Waals surface area contributed by atoms with Gasteiger partial charge in [0.1, 0.15) is 5.82 Å². The normalized spacial score (nSPS) is 14.6. The van der Waals surface area contributed by atoms with Gasteiger partial charge in [0.2, 0.25) is 6.41 Å². The van der Waals surface area contributed by atoms with E-state index in [2.05, 4.69) is 52.2 Å². The minimum atomic E-state index is -0.618. The number of hydrogen-bond donors (Lipinski definition) is 4. The highest BCUT2D eigenvalue weighted by Crippen LogP contribution is 2.29. The van der Waals surface area contributed by atoms with Gasteiger partial charge in [0.25, 0.3) is 5.91 Å². The lowest BCUT2D eigenvalue weighted by molar-refractivity contribution is -0.109. The minimum absolute atomic E-state index is 0.203. The van der Waals surface area contributed by atoms with E-state index in [-0.39, 0.29) is 17.4 Å². The van der Waals surface area contributed by atoms with Crippen molar-refractivity contribution in [2.45, 2.75) is 19.5 Å². The topological polar surface area (TPSA) is 103 Å². The molecule has 0 saturated carbocycles. The summed E-state index contributed by atoms with van der Waals surface area (Å²) >= 11 is 1.74. The van der Waals surface area contributed by atoms with Crippen molar-refractivity contribution in [2.75, 3.05) is 0 Å². The Balaban J connectivity index is 0.000000196. The summed E-state index contributed by atoms with van der Waals surface area (Å²) in [6, 6.07) is 14.1. The van der Waals surface area contributed by atoms with Crippen molar-refractivity contribution in [3.8, 4) is 0 Å². The predicted molar refractivity (Wildman–Crippen MR) is 125 cm³/mol. The Morgan fingerprint density at radius 2 is 2.03 bits per heavy atom. The van der Waals surface area contributed by atoms with Gasteiger partial charge >= 0.3 is 0 Å². The first kappa shape index (κ1) is 23.8. The molecule has 0 bridgehead atoms. The SMILES string of the molecule is CC1=C(c2ccc(F)cc2)C=CC(c2cccs2)N1.O=CNCc1ccc(C(=O)NO)cn1. The molecular formula is C24H23FN4O3S. The number of nitrogens with zero attached hydrogens (tertiary/aromatic N) is 1. The van der Waals surface area contributed by atoms with Crippen LogP contribution in [0.15, 0.2) is 78.0 Å². The van der Waals surface area contributed by atoms with E-state index in [1.54, 1.807) is 17.4 Å². The van der Waals surface area contributed by atoms with Gasteiger partial charge in [0.15, 0.2) is 0 Å². The fraction of sp³-hybridized carbons (Fsp3) is 0.125. The van der Waals surface area contributed by atoms with Gasteiger partial charge < -0.3 is 10.6 Å². The Bertz CT molecular complexity index is 1130. The second-order valence-corrected chi connectivity index (χ2v) is 8.00. The maximum Gasteiger partial charge on any atom is 0.276 e. The summed E-state index contributed by atoms with van der Waals surface area (Å²) in [6.45, 7) is 2.37. The molecule has 0 saturated heterocycles. The number of dihydropyridines is 1. The molecule has 2 amide bonds. The Labute approximate surface area is 194 Å². The Morgan fingerprint density at radius 3 is 2.61 bits per heavy atom. The highest BCUT2D eigenvalue weighted by Gasteiger charge is 2.15. The summed E-state index contributed by atoms with van der Waals surface area (Å²) in [5, 5.41) is 16.3. The van der Waals surface area contributed by atoms with Crippen molar-refractivity contribution < 1.29 is 19.2 Å². The molecule has 170 valence electrons. The van der Waals surface area contributed by atoms with E-state index in [1.165, 1.54) is 34.8 Å². The van der Waals surface area contributed by atoms with Crippen molar-refractivity contribution >= 4 is 29.2 Å². The summed E-state index contributed by atoms with van der Waals surface area (Å²) in [6.07, 6.45) is 6.14. The number of thiophene rings is 1. The second-order valence-electron chi connectivity index (χ2n) is 7.02. The van der Waals surface area contributed by atoms with Gasteiger partial charge in [0, 0.05) is 22.3 Å². The first-order chi connectivity index (χ1) is 16.0. The molecule has 1 atom stereocenters. The summed E-state index contributed by atoms with van der Waals surface area (Å²) in [5.41, 5.74) is 5.65. The van der Waals surface area contributed by atoms with Gasteiger partial charge in [-0.15, -0.1) is 11.3 Å². The molecule has 1 aliphatic rings. The van der Waals surface area contributed by atoms with Crippen LogP contribution in [-0.2, 0) is 11.3 Å². The van der Waals surface area contributed by atoms with Gasteiger partial charge in [-0.05, 0) is 48.2 Å². The van der Waals surface area contributed by atoms with Crippen molar-refractivity contribution in [1.29, 1.82) is 0 Å². The van der Waals surface area contributed by atoms with Crippen LogP contribution < -0.4 is 16.1 Å². The van der Waals surface area contributed by atoms with Gasteiger partial charge in [0.05, 0.1) is 23.8 Å². The highest BCUT2D eigenvalue weighted by atomic mass is 32.1. The maximum atomic E-state index is 13.0. The second kappa shape index (κ2) is 11.7. The summed E-state index contributed by atoms with van der Waals surface area (Å²) in [7, 11) is 0. The summed E-state index contributed by atoms with van der Waals surface area (Å²) < 4.78 is 13.0. The molecule has 4 N–H and O–H groups in total. The Morgan fingerprint density at radius 1 is 1.24 bits per heavy atom. The molecule has 0 fully saturated rings. The van der Waals surface area contributed by atoms with E-state index in [9.17, 15) is 14.0 Å². The molecule has 3 aromatic rings. The van der Waals surface area contributed by atoms with Crippen LogP contribution in [0, 0.1) is 5.82 Å². The van der Waals surface area contributed by atoms with Crippen LogP contribution in [0.3, 0.4) is 0 Å². The van der Waals surface area contributed by atoms with Crippen LogP contribution in [0.25, 0.3) is 5.57 Å². The van der Waals surface area contributed by atoms with Crippen LogP contribution in [0.5, 0.6) is 0 Å². The van der Waals surface area contributed by atoms with Gasteiger partial charge in [-0.2, -0.15) is 0 Å². The zero-order valence-electron chi connectivity index (χ0n) is 17.8. The van der Waals surface area contributed by atoms with Gasteiger partial charge in [-0.25, -0.2) is 9.87 Å². The average Bonchev–Trinajstić information content (AvgIpc) is 3.39. The molecule has 0 aliphatic carbocycles. The number of amides is 2. The quantitative estimate of drug-likeness (QED) is 0.250. The fourth-order valence-corrected chi connectivity index (χ4v) is 3.88. The van der Waals surface area contributed by atoms with Crippen LogP contribution in [0.2, 0.25) is 0 Å². The zero-order chi connectivity index (χ0) is 23.6. The number of halogens is 1. The number of hydrogen-bond acceptors (Lipinski definition) is 6. The van der Waals surface area contributed by atoms with E-state index in [0.29, 0.717) is 18.6 Å². The van der Waals surface area contributed by atoms with E-state index in [1.807, 2.05) is 12.1 Å². The molecule has 1 aromatic carbocycles. The zero-order valence-corrected chi connectivity index (χ0v) is 18.6. The van der Waals surface area contributed by atoms with Gasteiger partial charge in [-0.3, -0.25) is 19.8 Å². The Kier molecular flexibility index (Phi) is 8.45. The lowest BCUT2D eigenvalue weighted by atomic mass is 9.99. The van der Waals surface area contributed by atoms with Gasteiger partial charge in [-0.1, -0.05) is 30.4 Å². The standard InChI is InChI=1S/C16H14FNS.C8H9N3O3/c1-11-14(12-4-6-13(17)7-5-12)8-9-15(18-11)16-3-2-10-19-16;12-5-9-4-7-2-1-6(3-10-7)8(13)11-14/h2-10,15,18H,1H3;1-3,5,14H,4H2,(H,9,12)(H,11,13). The molecule has 4 rings (SSSR count). The third kappa shape index (κ3) is 6.58. The highest BCUT2D eigenvalue weighted by molar-refractivity contribution is 7.10. The summed E-state index contributed by atoms with van der Waals surface area (Å²) in [5.74, 6) is -0.821. The number of carbonyl (C=O) groups excluding carboxylic acids is 2. The molecule has 2 aromatic heterocycles. The predicted octanol–water partition coefficient (Wildman–Crippen LogP) is 3.97. The summed E-state index contributed by atoms with van der Waals surface area (Å²) in [4.78, 5) is 26.0. The molecular weight excluding hydrogens is 443 g/mol.